The average molecular weight is 320 g/mol. The number of halogens is 4. The average Bonchev–Trinajstić information content (AvgIpc) is 2.47. The van der Waals surface area contributed by atoms with Crippen molar-refractivity contribution in [2.75, 3.05) is 26.2 Å². The molecule has 1 N–H and O–H groups in total. The summed E-state index contributed by atoms with van der Waals surface area (Å²) in [6.45, 7) is 1.04. The molecule has 1 amide bonds. The first-order valence-corrected chi connectivity index (χ1v) is 6.76. The minimum Gasteiger partial charge on any atom is -0.508 e. The second kappa shape index (κ2) is 6.51. The van der Waals surface area contributed by atoms with E-state index in [0.29, 0.717) is 19.6 Å². The van der Waals surface area contributed by atoms with Crippen molar-refractivity contribution in [3.63, 3.8) is 0 Å². The zero-order valence-electron chi connectivity index (χ0n) is 11.7. The number of phenols is 1. The van der Waals surface area contributed by atoms with Crippen LogP contribution < -0.4 is 0 Å². The monoisotopic (exact) mass is 320 g/mol. The number of aromatic hydroxyl groups is 1. The molecule has 0 atom stereocenters. The van der Waals surface area contributed by atoms with Crippen molar-refractivity contribution in [3.8, 4) is 5.75 Å². The van der Waals surface area contributed by atoms with Gasteiger partial charge in [0, 0.05) is 32.7 Å². The molecule has 0 unspecified atom stereocenters. The smallest absolute Gasteiger partial charge is 0.383 e. The fourth-order valence-electron chi connectivity index (χ4n) is 2.33. The molecule has 1 aliphatic rings. The van der Waals surface area contributed by atoms with Crippen LogP contribution in [0.1, 0.15) is 5.56 Å². The quantitative estimate of drug-likeness (QED) is 0.862. The van der Waals surface area contributed by atoms with Gasteiger partial charge in [-0.1, -0.05) is 12.1 Å². The van der Waals surface area contributed by atoms with E-state index in [2.05, 4.69) is 0 Å². The molecule has 8 heteroatoms. The second-order valence-corrected chi connectivity index (χ2v) is 5.16. The van der Waals surface area contributed by atoms with Gasteiger partial charge in [0.15, 0.2) is 0 Å². The summed E-state index contributed by atoms with van der Waals surface area (Å²) in [6.07, 6.45) is -4.00. The molecule has 22 heavy (non-hydrogen) atoms. The minimum atomic E-state index is -4.63. The van der Waals surface area contributed by atoms with Gasteiger partial charge in [-0.05, 0) is 17.7 Å². The highest BCUT2D eigenvalue weighted by molar-refractivity contribution is 5.84. The molecule has 0 radical (unpaired) electrons. The zero-order valence-corrected chi connectivity index (χ0v) is 11.7. The lowest BCUT2D eigenvalue weighted by Gasteiger charge is -2.36. The molecule has 2 rings (SSSR count). The number of amides is 1. The summed E-state index contributed by atoms with van der Waals surface area (Å²) in [5.74, 6) is -6.32. The Labute approximate surface area is 124 Å². The van der Waals surface area contributed by atoms with Gasteiger partial charge in [0.25, 0.3) is 5.91 Å². The number of hydrogen-bond acceptors (Lipinski definition) is 3. The largest absolute Gasteiger partial charge is 0.508 e. The molecule has 1 fully saturated rings. The third-order valence-corrected chi connectivity index (χ3v) is 3.54. The Hall–Kier alpha value is -1.83. The first-order chi connectivity index (χ1) is 10.3. The van der Waals surface area contributed by atoms with Crippen molar-refractivity contribution >= 4 is 5.91 Å². The molecule has 1 aromatic rings. The fourth-order valence-corrected chi connectivity index (χ4v) is 2.33. The maximum absolute atomic E-state index is 13.0. The van der Waals surface area contributed by atoms with Crippen molar-refractivity contribution in [1.82, 2.24) is 9.80 Å². The topological polar surface area (TPSA) is 43.8 Å². The number of carbonyl (C=O) groups excluding carboxylic acids is 1. The summed E-state index contributed by atoms with van der Waals surface area (Å²) in [6, 6.07) is 6.62. The summed E-state index contributed by atoms with van der Waals surface area (Å²) >= 11 is 0. The predicted molar refractivity (Wildman–Crippen MR) is 70.9 cm³/mol. The summed E-state index contributed by atoms with van der Waals surface area (Å²) in [4.78, 5) is 14.1. The highest BCUT2D eigenvalue weighted by Gasteiger charge is 2.51. The lowest BCUT2D eigenvalue weighted by molar-refractivity contribution is -0.182. The van der Waals surface area contributed by atoms with Crippen LogP contribution in [0, 0.1) is 0 Å². The number of hydrogen-bond donors (Lipinski definition) is 1. The van der Waals surface area contributed by atoms with Crippen LogP contribution >= 0.6 is 0 Å². The van der Waals surface area contributed by atoms with Crippen LogP contribution in [0.4, 0.5) is 17.6 Å². The first-order valence-electron chi connectivity index (χ1n) is 6.76. The Kier molecular flexibility index (Phi) is 4.90. The second-order valence-electron chi connectivity index (χ2n) is 5.16. The van der Waals surface area contributed by atoms with Crippen LogP contribution in [0.3, 0.4) is 0 Å². The van der Waals surface area contributed by atoms with Crippen molar-refractivity contribution in [1.29, 1.82) is 0 Å². The molecular weight excluding hydrogens is 304 g/mol. The summed E-state index contributed by atoms with van der Waals surface area (Å²) < 4.78 is 50.4. The van der Waals surface area contributed by atoms with Crippen LogP contribution in [0.25, 0.3) is 0 Å². The van der Waals surface area contributed by atoms with Crippen molar-refractivity contribution in [3.05, 3.63) is 29.8 Å². The third-order valence-electron chi connectivity index (χ3n) is 3.54. The van der Waals surface area contributed by atoms with E-state index >= 15 is 0 Å². The Balaban J connectivity index is 1.89. The van der Waals surface area contributed by atoms with E-state index in [9.17, 15) is 27.5 Å². The van der Waals surface area contributed by atoms with E-state index < -0.39 is 18.3 Å². The molecule has 4 nitrogen and oxygen atoms in total. The van der Waals surface area contributed by atoms with Gasteiger partial charge in [0.1, 0.15) is 5.75 Å². The van der Waals surface area contributed by atoms with Gasteiger partial charge in [-0.25, -0.2) is 8.78 Å². The van der Waals surface area contributed by atoms with E-state index in [1.165, 1.54) is 6.07 Å². The van der Waals surface area contributed by atoms with E-state index in [0.717, 1.165) is 10.5 Å². The molecule has 1 aliphatic heterocycles. The number of nitrogens with zero attached hydrogens (tertiary/aromatic N) is 2. The minimum absolute atomic E-state index is 0.0278. The highest BCUT2D eigenvalue weighted by atomic mass is 19.3. The maximum Gasteiger partial charge on any atom is 0.383 e. The summed E-state index contributed by atoms with van der Waals surface area (Å²) in [5, 5.41) is 9.37. The molecule has 0 aliphatic carbocycles. The van der Waals surface area contributed by atoms with Crippen LogP contribution in [0.5, 0.6) is 5.75 Å². The summed E-state index contributed by atoms with van der Waals surface area (Å²) in [5.41, 5.74) is 0.845. The van der Waals surface area contributed by atoms with Crippen molar-refractivity contribution < 1.29 is 27.5 Å². The molecule has 1 heterocycles. The number of alkyl halides is 4. The van der Waals surface area contributed by atoms with E-state index in [-0.39, 0.29) is 18.8 Å². The van der Waals surface area contributed by atoms with E-state index in [1.54, 1.807) is 12.1 Å². The highest BCUT2D eigenvalue weighted by Crippen LogP contribution is 2.26. The van der Waals surface area contributed by atoms with Gasteiger partial charge >= 0.3 is 12.3 Å². The normalized spacial score (nSPS) is 17.0. The Bertz CT molecular complexity index is 531. The molecule has 1 aromatic carbocycles. The van der Waals surface area contributed by atoms with Crippen LogP contribution in [0.2, 0.25) is 0 Å². The molecule has 1 saturated heterocycles. The van der Waals surface area contributed by atoms with Crippen molar-refractivity contribution in [2.24, 2.45) is 0 Å². The lowest BCUT2D eigenvalue weighted by Crippen LogP contribution is -2.54. The SMILES string of the molecule is O=C(N1CCN(Cc2cccc(O)c2)CC1)C(F)(F)C(F)F. The molecule has 0 spiro atoms. The summed E-state index contributed by atoms with van der Waals surface area (Å²) in [7, 11) is 0. The van der Waals surface area contributed by atoms with Crippen molar-refractivity contribution in [2.45, 2.75) is 18.9 Å². The van der Waals surface area contributed by atoms with Gasteiger partial charge in [-0.2, -0.15) is 8.78 Å². The predicted octanol–water partition coefficient (Wildman–Crippen LogP) is 1.94. The Morgan fingerprint density at radius 3 is 2.41 bits per heavy atom. The molecular formula is C14H16F4N2O2. The number of rotatable bonds is 4. The Morgan fingerprint density at radius 2 is 1.86 bits per heavy atom. The Morgan fingerprint density at radius 1 is 1.23 bits per heavy atom. The molecule has 0 bridgehead atoms. The van der Waals surface area contributed by atoms with Crippen LogP contribution in [-0.4, -0.2) is 59.3 Å². The van der Waals surface area contributed by atoms with E-state index in [4.69, 9.17) is 0 Å². The van der Waals surface area contributed by atoms with Gasteiger partial charge in [-0.15, -0.1) is 0 Å². The van der Waals surface area contributed by atoms with Gasteiger partial charge in [-0.3, -0.25) is 9.69 Å². The first kappa shape index (κ1) is 16.5. The molecule has 0 saturated carbocycles. The maximum atomic E-state index is 13.0. The number of phenolic OH excluding ortho intramolecular Hbond substituents is 1. The number of benzene rings is 1. The third kappa shape index (κ3) is 3.68. The van der Waals surface area contributed by atoms with Crippen LogP contribution in [0.15, 0.2) is 24.3 Å². The van der Waals surface area contributed by atoms with Crippen LogP contribution in [-0.2, 0) is 11.3 Å². The number of carbonyl (C=O) groups is 1. The fraction of sp³-hybridized carbons (Fsp3) is 0.500. The van der Waals surface area contributed by atoms with Gasteiger partial charge in [0.2, 0.25) is 0 Å². The lowest BCUT2D eigenvalue weighted by atomic mass is 10.2. The van der Waals surface area contributed by atoms with Gasteiger partial charge < -0.3 is 10.0 Å². The zero-order chi connectivity index (χ0) is 16.3. The standard InChI is InChI=1S/C14H16F4N2O2/c15-12(16)14(17,18)13(22)20-6-4-19(5-7-20)9-10-2-1-3-11(21)8-10/h1-3,8,12,21H,4-7,9H2. The number of piperazine rings is 1. The van der Waals surface area contributed by atoms with Gasteiger partial charge in [0.05, 0.1) is 0 Å². The van der Waals surface area contributed by atoms with E-state index in [1.807, 2.05) is 11.0 Å². The molecule has 122 valence electrons. The molecule has 0 aromatic heterocycles.